The fourth-order valence-electron chi connectivity index (χ4n) is 2.49. The smallest absolute Gasteiger partial charge is 0.255 e. The van der Waals surface area contributed by atoms with Crippen LogP contribution in [0.1, 0.15) is 36.7 Å². The Morgan fingerprint density at radius 2 is 1.92 bits per heavy atom. The third-order valence-electron chi connectivity index (χ3n) is 3.80. The number of amides is 1. The lowest BCUT2D eigenvalue weighted by molar-refractivity contribution is 0.102. The summed E-state index contributed by atoms with van der Waals surface area (Å²) in [4.78, 5) is 16.7. The van der Waals surface area contributed by atoms with Gasteiger partial charge in [0.1, 0.15) is 17.2 Å². The maximum Gasteiger partial charge on any atom is 0.255 e. The van der Waals surface area contributed by atoms with Crippen molar-refractivity contribution in [2.24, 2.45) is 0 Å². The number of anilines is 1. The monoisotopic (exact) mass is 342 g/mol. The summed E-state index contributed by atoms with van der Waals surface area (Å²) in [5.74, 6) is -0.712. The Morgan fingerprint density at radius 3 is 2.62 bits per heavy atom. The van der Waals surface area contributed by atoms with Crippen LogP contribution >= 0.6 is 11.3 Å². The van der Waals surface area contributed by atoms with E-state index >= 15 is 0 Å². The van der Waals surface area contributed by atoms with Gasteiger partial charge in [0, 0.05) is 11.1 Å². The van der Waals surface area contributed by atoms with Crippen molar-refractivity contribution in [2.45, 2.75) is 26.2 Å². The molecule has 0 aliphatic rings. The molecule has 0 aliphatic carbocycles. The highest BCUT2D eigenvalue weighted by Crippen LogP contribution is 2.41. The van der Waals surface area contributed by atoms with Crippen LogP contribution in [0.2, 0.25) is 0 Å². The number of carbonyl (C=O) groups is 1. The van der Waals surface area contributed by atoms with E-state index in [2.05, 4.69) is 10.3 Å². The highest BCUT2D eigenvalue weighted by Gasteiger charge is 2.23. The lowest BCUT2D eigenvalue weighted by Gasteiger charge is -2.22. The van der Waals surface area contributed by atoms with E-state index in [0.717, 1.165) is 10.2 Å². The van der Waals surface area contributed by atoms with Crippen molar-refractivity contribution in [3.05, 3.63) is 47.0 Å². The molecule has 3 aromatic rings. The molecule has 0 atom stereocenters. The Labute approximate surface area is 143 Å². The summed E-state index contributed by atoms with van der Waals surface area (Å²) in [6.45, 7) is 5.84. The van der Waals surface area contributed by atoms with Crippen LogP contribution in [0.15, 0.2) is 35.8 Å². The third-order valence-corrected chi connectivity index (χ3v) is 4.61. The van der Waals surface area contributed by atoms with E-state index in [9.17, 15) is 15.0 Å². The molecule has 0 bridgehead atoms. The van der Waals surface area contributed by atoms with E-state index in [0.29, 0.717) is 11.1 Å². The van der Waals surface area contributed by atoms with E-state index in [4.69, 9.17) is 0 Å². The Morgan fingerprint density at radius 1 is 1.17 bits per heavy atom. The summed E-state index contributed by atoms with van der Waals surface area (Å²) in [7, 11) is 0. The number of benzene rings is 2. The van der Waals surface area contributed by atoms with Crippen LogP contribution in [0.25, 0.3) is 10.2 Å². The molecule has 24 heavy (non-hydrogen) atoms. The van der Waals surface area contributed by atoms with Gasteiger partial charge >= 0.3 is 0 Å². The quantitative estimate of drug-likeness (QED) is 0.608. The standard InChI is InChI=1S/C18H18N2O3S/c1-18(2,3)11-5-6-13(21)15(16(11)22)20-17(23)10-4-7-14-12(8-10)19-9-24-14/h4-9,21-22H,1-3H3,(H,20,23). The summed E-state index contributed by atoms with van der Waals surface area (Å²) in [5, 5.41) is 23.1. The molecular formula is C18H18N2O3S. The lowest BCUT2D eigenvalue weighted by Crippen LogP contribution is -2.15. The second kappa shape index (κ2) is 5.79. The molecule has 1 amide bonds. The van der Waals surface area contributed by atoms with Gasteiger partial charge in [-0.1, -0.05) is 26.8 Å². The van der Waals surface area contributed by atoms with Gasteiger partial charge in [-0.15, -0.1) is 11.3 Å². The maximum atomic E-state index is 12.5. The molecule has 1 aromatic heterocycles. The number of thiazole rings is 1. The fraction of sp³-hybridized carbons (Fsp3) is 0.222. The minimum Gasteiger partial charge on any atom is -0.506 e. The zero-order valence-corrected chi connectivity index (χ0v) is 14.4. The normalized spacial score (nSPS) is 11.6. The second-order valence-corrected chi connectivity index (χ2v) is 7.48. The molecule has 0 unspecified atom stereocenters. The number of rotatable bonds is 2. The largest absolute Gasteiger partial charge is 0.506 e. The average molecular weight is 342 g/mol. The number of hydrogen-bond donors (Lipinski definition) is 3. The minimum atomic E-state index is -0.415. The van der Waals surface area contributed by atoms with Gasteiger partial charge in [0.05, 0.1) is 15.7 Å². The van der Waals surface area contributed by atoms with E-state index in [1.165, 1.54) is 17.4 Å². The van der Waals surface area contributed by atoms with Gasteiger partial charge in [0.2, 0.25) is 0 Å². The summed E-state index contributed by atoms with van der Waals surface area (Å²) in [6.07, 6.45) is 0. The van der Waals surface area contributed by atoms with E-state index in [1.54, 1.807) is 23.7 Å². The number of phenols is 2. The third kappa shape index (κ3) is 2.92. The predicted octanol–water partition coefficient (Wildman–Crippen LogP) is 4.26. The van der Waals surface area contributed by atoms with Crippen LogP contribution < -0.4 is 5.32 Å². The molecule has 2 aromatic carbocycles. The second-order valence-electron chi connectivity index (χ2n) is 6.59. The van der Waals surface area contributed by atoms with Crippen LogP contribution in [-0.2, 0) is 5.41 Å². The number of nitrogens with one attached hydrogen (secondary N) is 1. The van der Waals surface area contributed by atoms with Gasteiger partial charge in [0.25, 0.3) is 5.91 Å². The van der Waals surface area contributed by atoms with Crippen molar-refractivity contribution in [2.75, 3.05) is 5.32 Å². The van der Waals surface area contributed by atoms with Gasteiger partial charge < -0.3 is 15.5 Å². The van der Waals surface area contributed by atoms with Gasteiger partial charge in [-0.2, -0.15) is 0 Å². The summed E-state index contributed by atoms with van der Waals surface area (Å²) in [5.41, 5.74) is 3.21. The van der Waals surface area contributed by atoms with Gasteiger partial charge in [-0.05, 0) is 29.7 Å². The van der Waals surface area contributed by atoms with Crippen LogP contribution in [0, 0.1) is 0 Å². The number of nitrogens with zero attached hydrogens (tertiary/aromatic N) is 1. The molecule has 3 N–H and O–H groups in total. The van der Waals surface area contributed by atoms with Crippen molar-refractivity contribution in [3.63, 3.8) is 0 Å². The molecule has 0 radical (unpaired) electrons. The van der Waals surface area contributed by atoms with Crippen molar-refractivity contribution in [3.8, 4) is 11.5 Å². The molecule has 0 aliphatic heterocycles. The fourth-order valence-corrected chi connectivity index (χ4v) is 3.15. The molecular weight excluding hydrogens is 324 g/mol. The van der Waals surface area contributed by atoms with Crippen molar-refractivity contribution < 1.29 is 15.0 Å². The van der Waals surface area contributed by atoms with Crippen LogP contribution in [-0.4, -0.2) is 21.1 Å². The number of fused-ring (bicyclic) bond motifs is 1. The molecule has 0 fully saturated rings. The van der Waals surface area contributed by atoms with E-state index in [1.807, 2.05) is 26.8 Å². The van der Waals surface area contributed by atoms with Gasteiger partial charge in [-0.3, -0.25) is 4.79 Å². The molecule has 0 saturated carbocycles. The Kier molecular flexibility index (Phi) is 3.93. The van der Waals surface area contributed by atoms with E-state index in [-0.39, 0.29) is 22.6 Å². The first-order valence-corrected chi connectivity index (χ1v) is 8.35. The van der Waals surface area contributed by atoms with Crippen molar-refractivity contribution >= 4 is 33.1 Å². The average Bonchev–Trinajstić information content (AvgIpc) is 2.97. The zero-order valence-electron chi connectivity index (χ0n) is 13.6. The number of aromatic hydroxyl groups is 2. The SMILES string of the molecule is CC(C)(C)c1ccc(O)c(NC(=O)c2ccc3scnc3c2)c1O. The molecule has 5 nitrogen and oxygen atoms in total. The summed E-state index contributed by atoms with van der Waals surface area (Å²) in [6, 6.07) is 8.33. The van der Waals surface area contributed by atoms with Gasteiger partial charge in [-0.25, -0.2) is 4.98 Å². The summed E-state index contributed by atoms with van der Waals surface area (Å²) >= 11 is 1.50. The number of phenolic OH excluding ortho intramolecular Hbond substituents is 2. The van der Waals surface area contributed by atoms with Crippen LogP contribution in [0.4, 0.5) is 5.69 Å². The van der Waals surface area contributed by atoms with Crippen LogP contribution in [0.5, 0.6) is 11.5 Å². The molecule has 124 valence electrons. The topological polar surface area (TPSA) is 82.5 Å². The first-order valence-electron chi connectivity index (χ1n) is 7.47. The Hall–Kier alpha value is -2.60. The highest BCUT2D eigenvalue weighted by molar-refractivity contribution is 7.16. The molecule has 0 saturated heterocycles. The van der Waals surface area contributed by atoms with Crippen LogP contribution in [0.3, 0.4) is 0 Å². The number of carbonyl (C=O) groups excluding carboxylic acids is 1. The highest BCUT2D eigenvalue weighted by atomic mass is 32.1. The molecule has 3 rings (SSSR count). The van der Waals surface area contributed by atoms with Gasteiger partial charge in [0.15, 0.2) is 0 Å². The summed E-state index contributed by atoms with van der Waals surface area (Å²) < 4.78 is 0.993. The lowest BCUT2D eigenvalue weighted by atomic mass is 9.86. The maximum absolute atomic E-state index is 12.5. The van der Waals surface area contributed by atoms with E-state index < -0.39 is 5.91 Å². The predicted molar refractivity (Wildman–Crippen MR) is 96.0 cm³/mol. The minimum absolute atomic E-state index is 0.0193. The zero-order chi connectivity index (χ0) is 17.5. The number of hydrogen-bond acceptors (Lipinski definition) is 5. The molecule has 6 heteroatoms. The molecule has 0 spiro atoms. The first kappa shape index (κ1) is 16.3. The number of aromatic nitrogens is 1. The first-order chi connectivity index (χ1) is 11.3. The van der Waals surface area contributed by atoms with Crippen molar-refractivity contribution in [1.82, 2.24) is 4.98 Å². The Balaban J connectivity index is 1.96. The molecule has 1 heterocycles. The Bertz CT molecular complexity index is 926. The van der Waals surface area contributed by atoms with Crippen molar-refractivity contribution in [1.29, 1.82) is 0 Å².